The second kappa shape index (κ2) is 13.4. The Morgan fingerprint density at radius 3 is 2.48 bits per heavy atom. The van der Waals surface area contributed by atoms with Crippen molar-refractivity contribution in [2.24, 2.45) is 0 Å². The first-order valence-electron chi connectivity index (χ1n) is 14.0. The number of benzene rings is 1. The number of sulfonamides is 1. The smallest absolute Gasteiger partial charge is 0.294 e. The Morgan fingerprint density at radius 2 is 1.86 bits per heavy atom. The third-order valence-corrected chi connectivity index (χ3v) is 9.11. The average molecular weight is 605 g/mol. The van der Waals surface area contributed by atoms with E-state index in [0.29, 0.717) is 79.2 Å². The Kier molecular flexibility index (Phi) is 9.96. The number of piperazine rings is 1. The van der Waals surface area contributed by atoms with E-state index in [9.17, 15) is 28.1 Å². The number of aldehydes is 1. The molecule has 1 N–H and O–H groups in total. The van der Waals surface area contributed by atoms with Gasteiger partial charge < -0.3 is 19.1 Å². The molecule has 228 valence electrons. The Hall–Kier alpha value is -3.82. The van der Waals surface area contributed by atoms with E-state index in [1.165, 1.54) is 16.4 Å². The van der Waals surface area contributed by atoms with Crippen molar-refractivity contribution in [1.82, 2.24) is 23.7 Å². The molecule has 3 heterocycles. The molecule has 3 aromatic rings. The number of nitrogens with one attached hydrogen (secondary N) is 1. The number of aryl methyl sites for hydroxylation is 2. The van der Waals surface area contributed by atoms with Crippen LogP contribution in [0.15, 0.2) is 27.9 Å². The molecule has 4 rings (SSSR count). The van der Waals surface area contributed by atoms with E-state index in [4.69, 9.17) is 9.72 Å². The van der Waals surface area contributed by atoms with Crippen molar-refractivity contribution >= 4 is 27.3 Å². The van der Waals surface area contributed by atoms with Gasteiger partial charge in [0.25, 0.3) is 10.6 Å². The van der Waals surface area contributed by atoms with Gasteiger partial charge in [0.2, 0.25) is 10.0 Å². The lowest BCUT2D eigenvalue weighted by Gasteiger charge is -2.33. The van der Waals surface area contributed by atoms with Crippen LogP contribution in [0.5, 0.6) is 5.75 Å². The zero-order chi connectivity index (χ0) is 30.4. The number of ether oxygens (including phenoxy) is 1. The van der Waals surface area contributed by atoms with Gasteiger partial charge in [0, 0.05) is 44.8 Å². The zero-order valence-electron chi connectivity index (χ0n) is 24.0. The number of hydrogen-bond acceptors (Lipinski definition) is 10. The van der Waals surface area contributed by atoms with Crippen LogP contribution < -0.4 is 10.3 Å². The van der Waals surface area contributed by atoms with Crippen LogP contribution in [0.2, 0.25) is 0 Å². The third-order valence-electron chi connectivity index (χ3n) is 7.22. The number of carbonyl (C=O) groups excluding carboxylic acids is 1. The molecule has 14 nitrogen and oxygen atoms in total. The minimum Gasteiger partial charge on any atom is -0.493 e. The topological polar surface area (TPSA) is 170 Å². The van der Waals surface area contributed by atoms with E-state index in [0.717, 1.165) is 12.7 Å². The summed E-state index contributed by atoms with van der Waals surface area (Å²) in [7, 11) is -3.93. The molecule has 0 radical (unpaired) electrons. The molecule has 0 aliphatic carbocycles. The predicted octanol–water partition coefficient (Wildman–Crippen LogP) is 2.48. The normalized spacial score (nSPS) is 14.7. The standard InChI is InChI=1S/C27H36N6O8S/c1-4-7-20-22(18-34)32(6-3)25-24(20)28-26(29-27(25)35)21-17-19(8-9-23(21)40-15-5-2)42(38,39)31-12-10-30(11-13-31)14-16-41-33(36)37/h8-9,17-18H,4-7,10-16H2,1-3H3,(H,28,29,35). The fourth-order valence-electron chi connectivity index (χ4n) is 5.20. The van der Waals surface area contributed by atoms with Crippen molar-refractivity contribution in [3.8, 4) is 17.1 Å². The Bertz CT molecular complexity index is 1610. The number of aromatic nitrogens is 3. The molecule has 1 aliphatic rings. The van der Waals surface area contributed by atoms with Crippen LogP contribution >= 0.6 is 0 Å². The number of rotatable bonds is 14. The van der Waals surface area contributed by atoms with Gasteiger partial charge in [-0.25, -0.2) is 13.4 Å². The third kappa shape index (κ3) is 6.32. The maximum absolute atomic E-state index is 13.7. The van der Waals surface area contributed by atoms with Gasteiger partial charge in [-0.05, 0) is 38.0 Å². The lowest BCUT2D eigenvalue weighted by molar-refractivity contribution is -0.757. The molecule has 0 saturated carbocycles. The van der Waals surface area contributed by atoms with Crippen molar-refractivity contribution in [3.63, 3.8) is 0 Å². The van der Waals surface area contributed by atoms with Gasteiger partial charge >= 0.3 is 0 Å². The molecule has 1 saturated heterocycles. The summed E-state index contributed by atoms with van der Waals surface area (Å²) >= 11 is 0. The lowest BCUT2D eigenvalue weighted by Crippen LogP contribution is -2.49. The summed E-state index contributed by atoms with van der Waals surface area (Å²) in [4.78, 5) is 49.6. The van der Waals surface area contributed by atoms with Crippen LogP contribution in [-0.2, 0) is 27.8 Å². The number of H-pyrrole nitrogens is 1. The summed E-state index contributed by atoms with van der Waals surface area (Å²) < 4.78 is 36.3. The first kappa shape index (κ1) is 31.1. The number of fused-ring (bicyclic) bond motifs is 1. The zero-order valence-corrected chi connectivity index (χ0v) is 24.8. The second-order valence-corrected chi connectivity index (χ2v) is 11.8. The molecule has 0 bridgehead atoms. The summed E-state index contributed by atoms with van der Waals surface area (Å²) in [5.41, 5.74) is 1.68. The second-order valence-electron chi connectivity index (χ2n) is 9.90. The Morgan fingerprint density at radius 1 is 1.12 bits per heavy atom. The van der Waals surface area contributed by atoms with Crippen LogP contribution in [0.25, 0.3) is 22.4 Å². The SMILES string of the molecule is CCCOc1ccc(S(=O)(=O)N2CCN(CCO[N+](=O)[O-])CC2)cc1-c1nc2c(CCC)c(C=O)n(CC)c2c(=O)[nH]1. The fourth-order valence-corrected chi connectivity index (χ4v) is 6.65. The molecule has 1 aromatic carbocycles. The molecule has 1 fully saturated rings. The quantitative estimate of drug-likeness (QED) is 0.164. The summed E-state index contributed by atoms with van der Waals surface area (Å²) in [6, 6.07) is 4.49. The first-order chi connectivity index (χ1) is 20.2. The largest absolute Gasteiger partial charge is 0.493 e. The number of aromatic amines is 1. The molecule has 0 unspecified atom stereocenters. The summed E-state index contributed by atoms with van der Waals surface area (Å²) in [6.07, 6.45) is 2.74. The summed E-state index contributed by atoms with van der Waals surface area (Å²) in [5, 5.41) is 9.55. The van der Waals surface area contributed by atoms with Gasteiger partial charge in [-0.1, -0.05) is 20.3 Å². The molecule has 0 amide bonds. The van der Waals surface area contributed by atoms with Gasteiger partial charge in [0.1, 0.15) is 29.2 Å². The highest BCUT2D eigenvalue weighted by Gasteiger charge is 2.30. The highest BCUT2D eigenvalue weighted by molar-refractivity contribution is 7.89. The van der Waals surface area contributed by atoms with Crippen molar-refractivity contribution in [2.45, 2.75) is 51.5 Å². The van der Waals surface area contributed by atoms with E-state index in [1.54, 1.807) is 10.6 Å². The maximum atomic E-state index is 13.7. The van der Waals surface area contributed by atoms with Crippen molar-refractivity contribution in [2.75, 3.05) is 45.9 Å². The van der Waals surface area contributed by atoms with Crippen LogP contribution in [0.4, 0.5) is 0 Å². The van der Waals surface area contributed by atoms with Crippen LogP contribution in [0.3, 0.4) is 0 Å². The first-order valence-corrected chi connectivity index (χ1v) is 15.5. The molecule has 1 aliphatic heterocycles. The predicted molar refractivity (Wildman–Crippen MR) is 155 cm³/mol. The van der Waals surface area contributed by atoms with E-state index in [2.05, 4.69) is 9.82 Å². The van der Waals surface area contributed by atoms with Gasteiger partial charge in [0.05, 0.1) is 22.8 Å². The minimum absolute atomic E-state index is 0.0164. The van der Waals surface area contributed by atoms with E-state index >= 15 is 0 Å². The van der Waals surface area contributed by atoms with Gasteiger partial charge in [-0.2, -0.15) is 4.31 Å². The summed E-state index contributed by atoms with van der Waals surface area (Å²) in [6.45, 7) is 7.96. The van der Waals surface area contributed by atoms with Crippen molar-refractivity contribution < 1.29 is 27.9 Å². The molecule has 0 spiro atoms. The van der Waals surface area contributed by atoms with Crippen LogP contribution in [0, 0.1) is 10.1 Å². The monoisotopic (exact) mass is 604 g/mol. The van der Waals surface area contributed by atoms with E-state index in [1.807, 2.05) is 25.7 Å². The summed E-state index contributed by atoms with van der Waals surface area (Å²) in [5.74, 6) is 0.519. The van der Waals surface area contributed by atoms with E-state index in [-0.39, 0.29) is 30.4 Å². The average Bonchev–Trinajstić information content (AvgIpc) is 3.29. The molecular weight excluding hydrogens is 568 g/mol. The maximum Gasteiger partial charge on any atom is 0.294 e. The Labute approximate surface area is 243 Å². The molecule has 0 atom stereocenters. The van der Waals surface area contributed by atoms with E-state index < -0.39 is 20.7 Å². The van der Waals surface area contributed by atoms with Gasteiger partial charge in [-0.15, -0.1) is 10.1 Å². The van der Waals surface area contributed by atoms with Crippen LogP contribution in [-0.4, -0.2) is 89.5 Å². The van der Waals surface area contributed by atoms with Gasteiger partial charge in [0.15, 0.2) is 6.29 Å². The number of hydrogen-bond donors (Lipinski definition) is 1. The molecule has 42 heavy (non-hydrogen) atoms. The molecule has 15 heteroatoms. The van der Waals surface area contributed by atoms with Gasteiger partial charge in [-0.3, -0.25) is 14.5 Å². The van der Waals surface area contributed by atoms with Crippen molar-refractivity contribution in [3.05, 3.63) is 49.9 Å². The highest BCUT2D eigenvalue weighted by atomic mass is 32.2. The van der Waals surface area contributed by atoms with Crippen LogP contribution in [0.1, 0.15) is 49.7 Å². The molecular formula is C27H36N6O8S. The van der Waals surface area contributed by atoms with Crippen molar-refractivity contribution in [1.29, 1.82) is 0 Å². The fraction of sp³-hybridized carbons (Fsp3) is 0.519. The number of nitrogens with zero attached hydrogens (tertiary/aromatic N) is 5. The minimum atomic E-state index is -3.93. The highest BCUT2D eigenvalue weighted by Crippen LogP contribution is 2.33. The molecule has 2 aromatic heterocycles. The Balaban J connectivity index is 1.74. The number of carbonyl (C=O) groups is 1. The lowest BCUT2D eigenvalue weighted by atomic mass is 10.1.